The second-order valence-corrected chi connectivity index (χ2v) is 4.99. The van der Waals surface area contributed by atoms with E-state index >= 15 is 0 Å². The molecule has 1 aromatic rings. The highest BCUT2D eigenvalue weighted by atomic mass is 19.1. The van der Waals surface area contributed by atoms with E-state index < -0.39 is 0 Å². The van der Waals surface area contributed by atoms with E-state index in [0.717, 1.165) is 24.9 Å². The van der Waals surface area contributed by atoms with Gasteiger partial charge in [-0.25, -0.2) is 4.39 Å². The largest absolute Gasteiger partial charge is 0.369 e. The number of carbonyl (C=O) groups excluding carboxylic acids is 1. The minimum atomic E-state index is -0.321. The van der Waals surface area contributed by atoms with Gasteiger partial charge in [0.05, 0.1) is 6.04 Å². The minimum absolute atomic E-state index is 0.119. The Bertz CT molecular complexity index is 481. The van der Waals surface area contributed by atoms with Crippen molar-refractivity contribution < 1.29 is 9.18 Å². The summed E-state index contributed by atoms with van der Waals surface area (Å²) in [4.78, 5) is 13.2. The zero-order valence-corrected chi connectivity index (χ0v) is 11.1. The lowest BCUT2D eigenvalue weighted by atomic mass is 9.89. The Morgan fingerprint density at radius 2 is 2.16 bits per heavy atom. The van der Waals surface area contributed by atoms with Crippen LogP contribution in [0.25, 0.3) is 0 Å². The van der Waals surface area contributed by atoms with Gasteiger partial charge in [-0.1, -0.05) is 23.8 Å². The Hall–Kier alpha value is -1.68. The highest BCUT2D eigenvalue weighted by Crippen LogP contribution is 2.34. The molecule has 1 aliphatic rings. The van der Waals surface area contributed by atoms with Gasteiger partial charge in [0, 0.05) is 6.42 Å². The number of rotatable bonds is 3. The highest BCUT2D eigenvalue weighted by Gasteiger charge is 2.25. The number of nitrogens with two attached hydrogens (primary N) is 1. The predicted octanol–water partition coefficient (Wildman–Crippen LogP) is 2.39. The first-order valence-electron chi connectivity index (χ1n) is 6.51. The second kappa shape index (κ2) is 5.97. The molecule has 102 valence electrons. The molecule has 1 amide bonds. The van der Waals surface area contributed by atoms with Crippen molar-refractivity contribution in [3.63, 3.8) is 0 Å². The number of benzene rings is 1. The van der Waals surface area contributed by atoms with Crippen LogP contribution in [0.4, 0.5) is 4.39 Å². The highest BCUT2D eigenvalue weighted by molar-refractivity contribution is 5.75. The molecule has 2 rings (SSSR count). The minimum Gasteiger partial charge on any atom is -0.369 e. The van der Waals surface area contributed by atoms with Gasteiger partial charge in [0.2, 0.25) is 5.91 Å². The Morgan fingerprint density at radius 3 is 2.79 bits per heavy atom. The average Bonchev–Trinajstić information content (AvgIpc) is 2.38. The fraction of sp³-hybridized carbons (Fsp3) is 0.400. The summed E-state index contributed by atoms with van der Waals surface area (Å²) in [6.07, 6.45) is 4.21. The van der Waals surface area contributed by atoms with Crippen molar-refractivity contribution in [2.45, 2.75) is 25.3 Å². The van der Waals surface area contributed by atoms with E-state index in [-0.39, 0.29) is 24.2 Å². The van der Waals surface area contributed by atoms with Gasteiger partial charge >= 0.3 is 0 Å². The van der Waals surface area contributed by atoms with Crippen molar-refractivity contribution in [3.05, 3.63) is 47.3 Å². The molecule has 0 saturated carbocycles. The summed E-state index contributed by atoms with van der Waals surface area (Å²) in [5, 5.41) is 0. The number of amides is 1. The predicted molar refractivity (Wildman–Crippen MR) is 72.9 cm³/mol. The van der Waals surface area contributed by atoms with Gasteiger partial charge in [0.15, 0.2) is 0 Å². The molecule has 19 heavy (non-hydrogen) atoms. The molecular formula is C15H19FN2O. The van der Waals surface area contributed by atoms with Gasteiger partial charge in [0.1, 0.15) is 5.82 Å². The van der Waals surface area contributed by atoms with Crippen LogP contribution in [0.1, 0.15) is 30.9 Å². The fourth-order valence-electron chi connectivity index (χ4n) is 2.64. The van der Waals surface area contributed by atoms with E-state index in [0.29, 0.717) is 0 Å². The lowest BCUT2D eigenvalue weighted by Gasteiger charge is -2.35. The molecule has 0 radical (unpaired) electrons. The number of halogens is 1. The van der Waals surface area contributed by atoms with Crippen molar-refractivity contribution >= 4 is 5.91 Å². The quantitative estimate of drug-likeness (QED) is 0.850. The summed E-state index contributed by atoms with van der Waals surface area (Å²) in [7, 11) is 2.05. The normalized spacial score (nSPS) is 22.6. The van der Waals surface area contributed by atoms with Crippen LogP contribution < -0.4 is 5.73 Å². The summed E-state index contributed by atoms with van der Waals surface area (Å²) in [5.41, 5.74) is 7.45. The van der Waals surface area contributed by atoms with Crippen molar-refractivity contribution in [2.75, 3.05) is 13.6 Å². The third-order valence-electron chi connectivity index (χ3n) is 3.52. The summed E-state index contributed by atoms with van der Waals surface area (Å²) in [5.74, 6) is -0.552. The molecule has 2 N–H and O–H groups in total. The Kier molecular flexibility index (Phi) is 4.32. The molecular weight excluding hydrogens is 243 g/mol. The van der Waals surface area contributed by atoms with Crippen molar-refractivity contribution in [1.82, 2.24) is 4.90 Å². The lowest BCUT2D eigenvalue weighted by molar-refractivity contribution is -0.117. The standard InChI is InChI=1S/C15H19FN2O/c1-18-10-2-3-11(6-9-14(17)19)15(18)12-4-7-13(16)8-5-12/h4-8,15H,2-3,9-10H2,1H3,(H2,17,19)/b11-6+. The molecule has 1 saturated heterocycles. The van der Waals surface area contributed by atoms with Crippen molar-refractivity contribution in [1.29, 1.82) is 0 Å². The molecule has 1 fully saturated rings. The average molecular weight is 262 g/mol. The maximum Gasteiger partial charge on any atom is 0.221 e. The molecule has 0 bridgehead atoms. The van der Waals surface area contributed by atoms with Gasteiger partial charge in [-0.2, -0.15) is 0 Å². The first-order valence-corrected chi connectivity index (χ1v) is 6.51. The van der Waals surface area contributed by atoms with Crippen LogP contribution >= 0.6 is 0 Å². The van der Waals surface area contributed by atoms with Gasteiger partial charge in [-0.05, 0) is 44.1 Å². The molecule has 0 aromatic heterocycles. The van der Waals surface area contributed by atoms with Gasteiger partial charge in [-0.3, -0.25) is 9.69 Å². The van der Waals surface area contributed by atoms with Gasteiger partial charge in [-0.15, -0.1) is 0 Å². The summed E-state index contributed by atoms with van der Waals surface area (Å²) < 4.78 is 13.0. The first kappa shape index (κ1) is 13.7. The van der Waals surface area contributed by atoms with Crippen LogP contribution in [0.15, 0.2) is 35.9 Å². The fourth-order valence-corrected chi connectivity index (χ4v) is 2.64. The first-order chi connectivity index (χ1) is 9.08. The van der Waals surface area contributed by atoms with E-state index in [1.807, 2.05) is 13.1 Å². The zero-order valence-electron chi connectivity index (χ0n) is 11.1. The Balaban J connectivity index is 2.28. The van der Waals surface area contributed by atoms with Gasteiger partial charge < -0.3 is 5.73 Å². The summed E-state index contributed by atoms with van der Waals surface area (Å²) in [6, 6.07) is 6.68. The van der Waals surface area contributed by atoms with E-state index in [1.165, 1.54) is 17.7 Å². The van der Waals surface area contributed by atoms with E-state index in [9.17, 15) is 9.18 Å². The molecule has 0 spiro atoms. The van der Waals surface area contributed by atoms with E-state index in [2.05, 4.69) is 4.90 Å². The molecule has 1 aromatic carbocycles. The molecule has 4 heteroatoms. The molecule has 0 aliphatic carbocycles. The third kappa shape index (κ3) is 3.41. The monoisotopic (exact) mass is 262 g/mol. The Morgan fingerprint density at radius 1 is 1.47 bits per heavy atom. The molecule has 1 aliphatic heterocycles. The van der Waals surface area contributed by atoms with E-state index in [4.69, 9.17) is 5.73 Å². The van der Waals surface area contributed by atoms with Crippen molar-refractivity contribution in [3.8, 4) is 0 Å². The van der Waals surface area contributed by atoms with E-state index in [1.54, 1.807) is 12.1 Å². The van der Waals surface area contributed by atoms with Crippen LogP contribution in [0.3, 0.4) is 0 Å². The van der Waals surface area contributed by atoms with Crippen LogP contribution in [0.5, 0.6) is 0 Å². The maximum absolute atomic E-state index is 13.0. The van der Waals surface area contributed by atoms with Crippen LogP contribution in [0, 0.1) is 5.82 Å². The second-order valence-electron chi connectivity index (χ2n) is 4.99. The summed E-state index contributed by atoms with van der Waals surface area (Å²) >= 11 is 0. The number of likely N-dealkylation sites (tertiary alicyclic amines) is 1. The lowest BCUT2D eigenvalue weighted by Crippen LogP contribution is -2.31. The molecule has 1 atom stereocenters. The number of primary amides is 1. The topological polar surface area (TPSA) is 46.3 Å². The smallest absolute Gasteiger partial charge is 0.221 e. The van der Waals surface area contributed by atoms with Crippen LogP contribution in [-0.4, -0.2) is 24.4 Å². The number of hydrogen-bond donors (Lipinski definition) is 1. The molecule has 1 heterocycles. The van der Waals surface area contributed by atoms with Crippen LogP contribution in [0.2, 0.25) is 0 Å². The van der Waals surface area contributed by atoms with Gasteiger partial charge in [0.25, 0.3) is 0 Å². The third-order valence-corrected chi connectivity index (χ3v) is 3.52. The Labute approximate surface area is 112 Å². The molecule has 1 unspecified atom stereocenters. The summed E-state index contributed by atoms with van der Waals surface area (Å²) in [6.45, 7) is 0.996. The number of likely N-dealkylation sites (N-methyl/N-ethyl adjacent to an activating group) is 1. The zero-order chi connectivity index (χ0) is 13.8. The SMILES string of the molecule is CN1CCC/C(=C\CC(N)=O)C1c1ccc(F)cc1. The van der Waals surface area contributed by atoms with Crippen molar-refractivity contribution in [2.24, 2.45) is 5.73 Å². The maximum atomic E-state index is 13.0. The number of carbonyl (C=O) groups is 1. The molecule has 3 nitrogen and oxygen atoms in total. The number of piperidine rings is 1. The van der Waals surface area contributed by atoms with Crippen LogP contribution in [-0.2, 0) is 4.79 Å². The number of hydrogen-bond acceptors (Lipinski definition) is 2. The number of nitrogens with zero attached hydrogens (tertiary/aromatic N) is 1.